The molecule has 0 saturated heterocycles. The number of tetrazole rings is 1. The number of rotatable bonds is 10. The fraction of sp³-hybridized carbons (Fsp3) is 0.321. The van der Waals surface area contributed by atoms with Crippen LogP contribution in [0.3, 0.4) is 0 Å². The van der Waals surface area contributed by atoms with Gasteiger partial charge < -0.3 is 9.30 Å². The van der Waals surface area contributed by atoms with Crippen LogP contribution >= 0.6 is 0 Å². The predicted octanol–water partition coefficient (Wildman–Crippen LogP) is 2.79. The Labute approximate surface area is 229 Å². The van der Waals surface area contributed by atoms with Crippen LogP contribution in [0.15, 0.2) is 58.1 Å². The predicted molar refractivity (Wildman–Crippen MR) is 149 cm³/mol. The molecule has 0 aliphatic heterocycles. The molecule has 12 heteroatoms. The zero-order chi connectivity index (χ0) is 28.2. The largest absolute Gasteiger partial charge is 0.468 e. The lowest BCUT2D eigenvalue weighted by atomic mass is 9.98. The number of ether oxygens (including phenoxy) is 1. The van der Waals surface area contributed by atoms with Gasteiger partial charge in [-0.05, 0) is 35.2 Å². The van der Waals surface area contributed by atoms with Gasteiger partial charge in [0, 0.05) is 25.1 Å². The van der Waals surface area contributed by atoms with Gasteiger partial charge in [-0.25, -0.2) is 9.78 Å². The van der Waals surface area contributed by atoms with Crippen LogP contribution in [0, 0.1) is 0 Å². The van der Waals surface area contributed by atoms with Crippen molar-refractivity contribution in [1.82, 2.24) is 39.3 Å². The highest BCUT2D eigenvalue weighted by atomic mass is 16.5. The van der Waals surface area contributed by atoms with Gasteiger partial charge in [0.15, 0.2) is 11.2 Å². The number of methoxy groups -OCH3 is 1. The molecule has 5 rings (SSSR count). The topological polar surface area (TPSA) is 143 Å². The van der Waals surface area contributed by atoms with Crippen molar-refractivity contribution < 1.29 is 9.53 Å². The number of aromatic nitrogens is 8. The number of benzene rings is 2. The Bertz CT molecular complexity index is 1770. The first kappa shape index (κ1) is 26.7. The Kier molecular flexibility index (Phi) is 7.67. The average Bonchev–Trinajstić information content (AvgIpc) is 3.64. The van der Waals surface area contributed by atoms with E-state index >= 15 is 0 Å². The summed E-state index contributed by atoms with van der Waals surface area (Å²) < 4.78 is 9.04. The summed E-state index contributed by atoms with van der Waals surface area (Å²) >= 11 is 0. The molecule has 0 amide bonds. The van der Waals surface area contributed by atoms with E-state index in [1.807, 2.05) is 53.1 Å². The van der Waals surface area contributed by atoms with E-state index in [9.17, 15) is 14.4 Å². The molecule has 2 aromatic carbocycles. The maximum absolute atomic E-state index is 13.5. The quantitative estimate of drug-likeness (QED) is 0.266. The molecule has 206 valence electrons. The second kappa shape index (κ2) is 11.5. The minimum absolute atomic E-state index is 0.165. The van der Waals surface area contributed by atoms with Gasteiger partial charge in [0.1, 0.15) is 12.4 Å². The Balaban J connectivity index is 1.59. The number of hydrogen-bond acceptors (Lipinski definition) is 8. The Hall–Kier alpha value is -4.87. The summed E-state index contributed by atoms with van der Waals surface area (Å²) in [6.07, 6.45) is 2.42. The lowest BCUT2D eigenvalue weighted by Crippen LogP contribution is -2.41. The fourth-order valence-electron chi connectivity index (χ4n) is 4.82. The smallest absolute Gasteiger partial charge is 0.333 e. The third-order valence-electron chi connectivity index (χ3n) is 6.90. The van der Waals surface area contributed by atoms with Gasteiger partial charge in [0.2, 0.25) is 5.82 Å². The molecule has 5 aromatic rings. The summed E-state index contributed by atoms with van der Waals surface area (Å²) in [6.45, 7) is 4.01. The standard InChI is InChI=1S/C28H30N8O4/c1-4-6-11-22-29-26-24(27(38)34(5-2)28(39)36(26)17-23(37)40-3)35(22)16-18-12-14-19(15-13-18)20-9-7-8-10-21(20)25-30-32-33-31-25/h7-10,12-15H,4-6,11,16-17H2,1-3H3,(H,30,31,32,33). The van der Waals surface area contributed by atoms with Crippen molar-refractivity contribution in [3.8, 4) is 22.5 Å². The van der Waals surface area contributed by atoms with Crippen LogP contribution in [-0.2, 0) is 35.6 Å². The number of unbranched alkanes of at least 4 members (excludes halogenated alkanes) is 1. The normalized spacial score (nSPS) is 11.3. The number of hydrogen-bond donors (Lipinski definition) is 1. The molecule has 0 saturated carbocycles. The van der Waals surface area contributed by atoms with Crippen LogP contribution in [0.25, 0.3) is 33.7 Å². The summed E-state index contributed by atoms with van der Waals surface area (Å²) in [5.74, 6) is 0.605. The number of imidazole rings is 1. The van der Waals surface area contributed by atoms with Gasteiger partial charge in [-0.3, -0.25) is 18.7 Å². The number of nitrogens with one attached hydrogen (secondary N) is 1. The number of H-pyrrole nitrogens is 1. The third kappa shape index (κ3) is 4.95. The number of esters is 1. The van der Waals surface area contributed by atoms with E-state index in [0.717, 1.165) is 39.7 Å². The minimum Gasteiger partial charge on any atom is -0.468 e. The highest BCUT2D eigenvalue weighted by Crippen LogP contribution is 2.30. The summed E-state index contributed by atoms with van der Waals surface area (Å²) in [4.78, 5) is 43.5. The Morgan fingerprint density at radius 1 is 0.975 bits per heavy atom. The van der Waals surface area contributed by atoms with Gasteiger partial charge in [-0.15, -0.1) is 10.2 Å². The van der Waals surface area contributed by atoms with Crippen molar-refractivity contribution in [2.45, 2.75) is 52.7 Å². The number of carbonyl (C=O) groups is 1. The Morgan fingerprint density at radius 2 is 1.73 bits per heavy atom. The molecule has 0 fully saturated rings. The van der Waals surface area contributed by atoms with E-state index < -0.39 is 17.2 Å². The first-order chi connectivity index (χ1) is 19.5. The highest BCUT2D eigenvalue weighted by Gasteiger charge is 2.22. The third-order valence-corrected chi connectivity index (χ3v) is 6.90. The summed E-state index contributed by atoms with van der Waals surface area (Å²) in [7, 11) is 1.26. The number of carbonyl (C=O) groups excluding carboxylic acids is 1. The van der Waals surface area contributed by atoms with Crippen LogP contribution < -0.4 is 11.2 Å². The van der Waals surface area contributed by atoms with Crippen molar-refractivity contribution >= 4 is 17.1 Å². The van der Waals surface area contributed by atoms with E-state index in [2.05, 4.69) is 27.5 Å². The second-order valence-corrected chi connectivity index (χ2v) is 9.36. The summed E-state index contributed by atoms with van der Waals surface area (Å²) in [5, 5.41) is 14.4. The van der Waals surface area contributed by atoms with E-state index in [0.29, 0.717) is 30.1 Å². The molecule has 1 N–H and O–H groups in total. The molecule has 0 atom stereocenters. The molecule has 0 aliphatic carbocycles. The van der Waals surface area contributed by atoms with Gasteiger partial charge in [0.05, 0.1) is 7.11 Å². The van der Waals surface area contributed by atoms with Gasteiger partial charge in [-0.2, -0.15) is 5.21 Å². The van der Waals surface area contributed by atoms with Crippen LogP contribution in [0.1, 0.15) is 38.1 Å². The maximum Gasteiger partial charge on any atom is 0.333 e. The highest BCUT2D eigenvalue weighted by molar-refractivity contribution is 5.80. The molecule has 12 nitrogen and oxygen atoms in total. The minimum atomic E-state index is -0.592. The molecule has 0 unspecified atom stereocenters. The SMILES string of the molecule is CCCCc1nc2c(c(=O)n(CC)c(=O)n2CC(=O)OC)n1Cc1ccc(-c2ccccc2-c2nn[nH]n2)cc1. The number of fused-ring (bicyclic) bond motifs is 1. The fourth-order valence-corrected chi connectivity index (χ4v) is 4.82. The number of aryl methyl sites for hydroxylation is 1. The zero-order valence-corrected chi connectivity index (χ0v) is 22.6. The van der Waals surface area contributed by atoms with E-state index in [-0.39, 0.29) is 18.7 Å². The molecular weight excluding hydrogens is 512 g/mol. The van der Waals surface area contributed by atoms with Crippen molar-refractivity contribution in [3.63, 3.8) is 0 Å². The second-order valence-electron chi connectivity index (χ2n) is 9.36. The molecule has 0 aliphatic rings. The lowest BCUT2D eigenvalue weighted by Gasteiger charge is -2.12. The molecule has 0 bridgehead atoms. The average molecular weight is 543 g/mol. The molecule has 0 radical (unpaired) electrons. The molecule has 40 heavy (non-hydrogen) atoms. The van der Waals surface area contributed by atoms with Crippen LogP contribution in [0.5, 0.6) is 0 Å². The van der Waals surface area contributed by atoms with Crippen molar-refractivity contribution in [2.24, 2.45) is 0 Å². The molecule has 0 spiro atoms. The van der Waals surface area contributed by atoms with Crippen LogP contribution in [0.4, 0.5) is 0 Å². The van der Waals surface area contributed by atoms with Crippen molar-refractivity contribution in [3.05, 3.63) is 80.8 Å². The maximum atomic E-state index is 13.5. The summed E-state index contributed by atoms with van der Waals surface area (Å²) in [6, 6.07) is 15.8. The lowest BCUT2D eigenvalue weighted by molar-refractivity contribution is -0.141. The zero-order valence-electron chi connectivity index (χ0n) is 22.6. The molecule has 3 heterocycles. The molecule has 3 aromatic heterocycles. The number of nitrogens with zero attached hydrogens (tertiary/aromatic N) is 7. The van der Waals surface area contributed by atoms with Gasteiger partial charge in [-0.1, -0.05) is 61.9 Å². The molecular formula is C28H30N8O4. The van der Waals surface area contributed by atoms with Gasteiger partial charge in [0.25, 0.3) is 5.56 Å². The van der Waals surface area contributed by atoms with Crippen LogP contribution in [0.2, 0.25) is 0 Å². The summed E-state index contributed by atoms with van der Waals surface area (Å²) in [5.41, 5.74) is 3.23. The monoisotopic (exact) mass is 542 g/mol. The number of aromatic amines is 1. The van der Waals surface area contributed by atoms with E-state index in [1.54, 1.807) is 6.92 Å². The van der Waals surface area contributed by atoms with Gasteiger partial charge >= 0.3 is 11.7 Å². The Morgan fingerprint density at radius 3 is 2.38 bits per heavy atom. The van der Waals surface area contributed by atoms with Crippen LogP contribution in [-0.4, -0.2) is 52.4 Å². The van der Waals surface area contributed by atoms with E-state index in [1.165, 1.54) is 11.7 Å². The first-order valence-electron chi connectivity index (χ1n) is 13.2. The van der Waals surface area contributed by atoms with Crippen molar-refractivity contribution in [2.75, 3.05) is 7.11 Å². The van der Waals surface area contributed by atoms with Crippen molar-refractivity contribution in [1.29, 1.82) is 0 Å². The first-order valence-corrected chi connectivity index (χ1v) is 13.2. The van der Waals surface area contributed by atoms with E-state index in [4.69, 9.17) is 9.72 Å².